The summed E-state index contributed by atoms with van der Waals surface area (Å²) in [5.74, 6) is -1.84. The predicted molar refractivity (Wildman–Crippen MR) is 80.9 cm³/mol. The first kappa shape index (κ1) is 17.0. The van der Waals surface area contributed by atoms with E-state index in [0.29, 0.717) is 5.69 Å². The first-order chi connectivity index (χ1) is 9.79. The number of benzene rings is 1. The van der Waals surface area contributed by atoms with Gasteiger partial charge in [-0.05, 0) is 31.0 Å². The first-order valence-electron chi connectivity index (χ1n) is 6.14. The predicted octanol–water partition coefficient (Wildman–Crippen LogP) is 1.60. The lowest BCUT2D eigenvalue weighted by atomic mass is 10.1. The van der Waals surface area contributed by atoms with Crippen molar-refractivity contribution in [3.8, 4) is 0 Å². The molecule has 114 valence electrons. The van der Waals surface area contributed by atoms with Crippen molar-refractivity contribution in [3.63, 3.8) is 0 Å². The molecule has 0 aliphatic carbocycles. The average Bonchev–Trinajstić information content (AvgIpc) is 2.38. The molecule has 0 heterocycles. The summed E-state index contributed by atoms with van der Waals surface area (Å²) in [6.45, 7) is 1.81. The molecule has 3 amide bonds. The van der Waals surface area contributed by atoms with Crippen LogP contribution in [0, 0.1) is 6.92 Å². The molecule has 1 unspecified atom stereocenters. The van der Waals surface area contributed by atoms with Gasteiger partial charge in [0.2, 0.25) is 5.91 Å². The highest BCUT2D eigenvalue weighted by Gasteiger charge is 2.20. The van der Waals surface area contributed by atoms with Crippen LogP contribution in [0.2, 0.25) is 0 Å². The maximum atomic E-state index is 11.8. The Hall–Kier alpha value is -2.09. The average molecular weight is 358 g/mol. The van der Waals surface area contributed by atoms with Gasteiger partial charge < -0.3 is 21.5 Å². The molecule has 0 saturated carbocycles. The summed E-state index contributed by atoms with van der Waals surface area (Å²) >= 11 is 3.28. The minimum atomic E-state index is -1.22. The number of hydrogen-bond donors (Lipinski definition) is 4. The maximum absolute atomic E-state index is 11.8. The highest BCUT2D eigenvalue weighted by atomic mass is 79.9. The minimum absolute atomic E-state index is 0.0600. The highest BCUT2D eigenvalue weighted by molar-refractivity contribution is 9.10. The van der Waals surface area contributed by atoms with Gasteiger partial charge in [-0.15, -0.1) is 0 Å². The van der Waals surface area contributed by atoms with Crippen LogP contribution >= 0.6 is 15.9 Å². The Bertz CT molecular complexity index is 562. The van der Waals surface area contributed by atoms with Crippen LogP contribution < -0.4 is 16.4 Å². The number of primary amides is 1. The lowest BCUT2D eigenvalue weighted by Crippen LogP contribution is -2.43. The van der Waals surface area contributed by atoms with Crippen molar-refractivity contribution in [1.82, 2.24) is 5.32 Å². The number of nitrogens with one attached hydrogen (secondary N) is 2. The molecule has 0 saturated heterocycles. The lowest BCUT2D eigenvalue weighted by Gasteiger charge is -2.15. The fraction of sp³-hybridized carbons (Fsp3) is 0.308. The molecular formula is C13H16BrN3O4. The van der Waals surface area contributed by atoms with Crippen molar-refractivity contribution in [2.24, 2.45) is 5.73 Å². The molecule has 1 aromatic carbocycles. The van der Waals surface area contributed by atoms with Crippen molar-refractivity contribution in [1.29, 1.82) is 0 Å². The number of aryl methyl sites for hydroxylation is 1. The van der Waals surface area contributed by atoms with Gasteiger partial charge in [0.1, 0.15) is 6.04 Å². The Morgan fingerprint density at radius 2 is 2.05 bits per heavy atom. The van der Waals surface area contributed by atoms with Crippen LogP contribution in [0.25, 0.3) is 0 Å². The van der Waals surface area contributed by atoms with Crippen LogP contribution in [0.3, 0.4) is 0 Å². The highest BCUT2D eigenvalue weighted by Crippen LogP contribution is 2.20. The van der Waals surface area contributed by atoms with E-state index in [0.717, 1.165) is 10.0 Å². The van der Waals surface area contributed by atoms with E-state index >= 15 is 0 Å². The van der Waals surface area contributed by atoms with Gasteiger partial charge in [-0.1, -0.05) is 22.0 Å². The van der Waals surface area contributed by atoms with Crippen LogP contribution in [-0.4, -0.2) is 29.1 Å². The van der Waals surface area contributed by atoms with E-state index in [-0.39, 0.29) is 12.8 Å². The van der Waals surface area contributed by atoms with E-state index in [2.05, 4.69) is 26.6 Å². The van der Waals surface area contributed by atoms with Crippen LogP contribution in [0.15, 0.2) is 22.7 Å². The zero-order valence-corrected chi connectivity index (χ0v) is 12.9. The Balaban J connectivity index is 2.67. The molecule has 1 atom stereocenters. The number of rotatable bonds is 6. The fourth-order valence-electron chi connectivity index (χ4n) is 1.59. The van der Waals surface area contributed by atoms with E-state index < -0.39 is 23.9 Å². The third kappa shape index (κ3) is 5.82. The van der Waals surface area contributed by atoms with Gasteiger partial charge >= 0.3 is 12.0 Å². The molecule has 1 rings (SSSR count). The summed E-state index contributed by atoms with van der Waals surface area (Å²) in [5, 5.41) is 13.9. The third-order valence-corrected chi connectivity index (χ3v) is 3.22. The molecule has 1 aromatic rings. The Labute approximate surface area is 130 Å². The van der Waals surface area contributed by atoms with Gasteiger partial charge in [-0.25, -0.2) is 9.59 Å². The number of carboxylic acids is 1. The largest absolute Gasteiger partial charge is 0.480 e. The molecule has 7 nitrogen and oxygen atoms in total. The smallest absolute Gasteiger partial charge is 0.326 e. The van der Waals surface area contributed by atoms with Gasteiger partial charge in [0.05, 0.1) is 0 Å². The summed E-state index contributed by atoms with van der Waals surface area (Å²) in [6.07, 6.45) is -0.178. The number of nitrogens with two attached hydrogens (primary N) is 1. The Morgan fingerprint density at radius 1 is 1.38 bits per heavy atom. The zero-order valence-electron chi connectivity index (χ0n) is 11.4. The van der Waals surface area contributed by atoms with E-state index in [1.54, 1.807) is 6.07 Å². The summed E-state index contributed by atoms with van der Waals surface area (Å²) in [4.78, 5) is 33.5. The molecule has 8 heteroatoms. The topological polar surface area (TPSA) is 122 Å². The standard InChI is InChI=1S/C13H16BrN3O4/c1-7-2-3-8(14)6-10(7)17-13(21)16-9(12(19)20)4-5-11(15)18/h2-3,6,9H,4-5H2,1H3,(H2,15,18)(H,19,20)(H2,16,17,21). The number of carbonyl (C=O) groups is 3. The van der Waals surface area contributed by atoms with Crippen LogP contribution in [0.1, 0.15) is 18.4 Å². The maximum Gasteiger partial charge on any atom is 0.326 e. The number of aliphatic carboxylic acids is 1. The van der Waals surface area contributed by atoms with Crippen LogP contribution in [-0.2, 0) is 9.59 Å². The molecular weight excluding hydrogens is 342 g/mol. The minimum Gasteiger partial charge on any atom is -0.480 e. The number of urea groups is 1. The SMILES string of the molecule is Cc1ccc(Br)cc1NC(=O)NC(CCC(N)=O)C(=O)O. The lowest BCUT2D eigenvalue weighted by molar-refractivity contribution is -0.139. The first-order valence-corrected chi connectivity index (χ1v) is 6.93. The van der Waals surface area contributed by atoms with Crippen molar-refractivity contribution in [2.45, 2.75) is 25.8 Å². The molecule has 0 aliphatic rings. The van der Waals surface area contributed by atoms with Gasteiger partial charge in [-0.3, -0.25) is 4.79 Å². The molecule has 21 heavy (non-hydrogen) atoms. The van der Waals surface area contributed by atoms with Crippen molar-refractivity contribution >= 4 is 39.5 Å². The second-order valence-electron chi connectivity index (χ2n) is 4.45. The summed E-state index contributed by atoms with van der Waals surface area (Å²) in [5.41, 5.74) is 6.35. The number of halogens is 1. The van der Waals surface area contributed by atoms with Crippen molar-refractivity contribution < 1.29 is 19.5 Å². The normalized spacial score (nSPS) is 11.5. The molecule has 0 aliphatic heterocycles. The molecule has 5 N–H and O–H groups in total. The second-order valence-corrected chi connectivity index (χ2v) is 5.37. The van der Waals surface area contributed by atoms with Crippen molar-refractivity contribution in [2.75, 3.05) is 5.32 Å². The van der Waals surface area contributed by atoms with E-state index in [1.807, 2.05) is 19.1 Å². The van der Waals surface area contributed by atoms with Gasteiger partial charge in [0.15, 0.2) is 0 Å². The molecule has 0 spiro atoms. The van der Waals surface area contributed by atoms with E-state index in [9.17, 15) is 14.4 Å². The fourth-order valence-corrected chi connectivity index (χ4v) is 1.95. The molecule has 0 radical (unpaired) electrons. The number of hydrogen-bond acceptors (Lipinski definition) is 3. The van der Waals surface area contributed by atoms with Crippen molar-refractivity contribution in [3.05, 3.63) is 28.2 Å². The van der Waals surface area contributed by atoms with Gasteiger partial charge in [0.25, 0.3) is 0 Å². The van der Waals surface area contributed by atoms with Crippen LogP contribution in [0.4, 0.5) is 10.5 Å². The number of carbonyl (C=O) groups excluding carboxylic acids is 2. The molecule has 0 bridgehead atoms. The summed E-state index contributed by atoms with van der Waals surface area (Å²) < 4.78 is 0.784. The number of amides is 3. The third-order valence-electron chi connectivity index (χ3n) is 2.73. The molecule has 0 aromatic heterocycles. The molecule has 0 fully saturated rings. The Kier molecular flexibility index (Phi) is 6.16. The quantitative estimate of drug-likeness (QED) is 0.617. The number of carboxylic acid groups (broad SMARTS) is 1. The number of anilines is 1. The van der Waals surface area contributed by atoms with Gasteiger partial charge in [0, 0.05) is 16.6 Å². The monoisotopic (exact) mass is 357 g/mol. The van der Waals surface area contributed by atoms with E-state index in [1.165, 1.54) is 0 Å². The zero-order chi connectivity index (χ0) is 16.0. The van der Waals surface area contributed by atoms with E-state index in [4.69, 9.17) is 10.8 Å². The summed E-state index contributed by atoms with van der Waals surface area (Å²) in [7, 11) is 0. The second kappa shape index (κ2) is 7.63. The van der Waals surface area contributed by atoms with Gasteiger partial charge in [-0.2, -0.15) is 0 Å². The van der Waals surface area contributed by atoms with Crippen LogP contribution in [0.5, 0.6) is 0 Å². The summed E-state index contributed by atoms with van der Waals surface area (Å²) in [6, 6.07) is 3.50. The Morgan fingerprint density at radius 3 is 2.62 bits per heavy atom.